The van der Waals surface area contributed by atoms with Crippen molar-refractivity contribution in [2.24, 2.45) is 0 Å². The van der Waals surface area contributed by atoms with Crippen LogP contribution in [0.3, 0.4) is 0 Å². The topological polar surface area (TPSA) is 81.4 Å². The lowest BCUT2D eigenvalue weighted by atomic mass is 9.90. The number of sulfonamides is 1. The van der Waals surface area contributed by atoms with Gasteiger partial charge >= 0.3 is 0 Å². The molecule has 7 heteroatoms. The molecule has 1 aromatic carbocycles. The maximum atomic E-state index is 12.1. The summed E-state index contributed by atoms with van der Waals surface area (Å²) in [7, 11) is -3.49. The third-order valence-corrected chi connectivity index (χ3v) is 5.31. The third kappa shape index (κ3) is 3.47. The molecule has 1 aliphatic rings. The number of halogens is 1. The number of nitrogens with two attached hydrogens (primary N) is 1. The molecule has 0 spiro atoms. The van der Waals surface area contributed by atoms with E-state index in [0.717, 1.165) is 12.8 Å². The number of rotatable bonds is 5. The molecule has 0 saturated heterocycles. The van der Waals surface area contributed by atoms with Crippen LogP contribution in [0.15, 0.2) is 27.6 Å². The Morgan fingerprint density at radius 2 is 2.16 bits per heavy atom. The van der Waals surface area contributed by atoms with E-state index in [-0.39, 0.29) is 17.0 Å². The summed E-state index contributed by atoms with van der Waals surface area (Å²) >= 11 is 3.23. The molecule has 2 rings (SSSR count). The summed E-state index contributed by atoms with van der Waals surface area (Å²) in [5.74, 6) is 0. The molecule has 0 unspecified atom stereocenters. The Hall–Kier alpha value is -0.630. The lowest BCUT2D eigenvalue weighted by Crippen LogP contribution is -2.47. The maximum absolute atomic E-state index is 12.1. The summed E-state index contributed by atoms with van der Waals surface area (Å²) in [5, 5.41) is 0. The zero-order chi connectivity index (χ0) is 14.0. The van der Waals surface area contributed by atoms with Crippen LogP contribution in [0.5, 0.6) is 0 Å². The number of hydrogen-bond acceptors (Lipinski definition) is 4. The van der Waals surface area contributed by atoms with Crippen molar-refractivity contribution in [2.75, 3.05) is 12.3 Å². The van der Waals surface area contributed by atoms with E-state index in [1.807, 2.05) is 6.92 Å². The van der Waals surface area contributed by atoms with Crippen molar-refractivity contribution in [3.63, 3.8) is 0 Å². The van der Waals surface area contributed by atoms with Crippen molar-refractivity contribution < 1.29 is 13.2 Å². The minimum atomic E-state index is -3.49. The number of nitrogens with one attached hydrogen (secondary N) is 1. The van der Waals surface area contributed by atoms with Gasteiger partial charge in [-0.3, -0.25) is 0 Å². The fourth-order valence-corrected chi connectivity index (χ4v) is 3.81. The quantitative estimate of drug-likeness (QED) is 0.796. The van der Waals surface area contributed by atoms with Crippen molar-refractivity contribution in [1.29, 1.82) is 0 Å². The molecular weight excluding hydrogens is 332 g/mol. The van der Waals surface area contributed by atoms with E-state index in [1.165, 1.54) is 12.1 Å². The highest BCUT2D eigenvalue weighted by Gasteiger charge is 2.33. The highest BCUT2D eigenvalue weighted by molar-refractivity contribution is 9.10. The van der Waals surface area contributed by atoms with E-state index >= 15 is 0 Å². The standard InChI is InChI=1S/C12H17BrN2O3S/c1-2-18-9-5-8(6-9)15-19(16,17)10-3-4-12(14)11(13)7-10/h3-4,7-9,15H,2,5-6,14H2,1H3. The van der Waals surface area contributed by atoms with Gasteiger partial charge in [0.2, 0.25) is 10.0 Å². The number of benzene rings is 1. The molecule has 5 nitrogen and oxygen atoms in total. The van der Waals surface area contributed by atoms with Crippen molar-refractivity contribution >= 4 is 31.6 Å². The van der Waals surface area contributed by atoms with E-state index < -0.39 is 10.0 Å². The lowest BCUT2D eigenvalue weighted by Gasteiger charge is -2.35. The van der Waals surface area contributed by atoms with E-state index in [4.69, 9.17) is 10.5 Å². The zero-order valence-corrected chi connectivity index (χ0v) is 13.0. The van der Waals surface area contributed by atoms with Gasteiger partial charge in [0.05, 0.1) is 11.0 Å². The fourth-order valence-electron chi connectivity index (χ4n) is 2.00. The van der Waals surface area contributed by atoms with Gasteiger partial charge in [0.1, 0.15) is 0 Å². The molecule has 0 aliphatic heterocycles. The normalized spacial score (nSPS) is 23.1. The molecule has 19 heavy (non-hydrogen) atoms. The Morgan fingerprint density at radius 1 is 1.47 bits per heavy atom. The monoisotopic (exact) mass is 348 g/mol. The molecule has 1 aliphatic carbocycles. The molecule has 106 valence electrons. The smallest absolute Gasteiger partial charge is 0.240 e. The van der Waals surface area contributed by atoms with Gasteiger partial charge in [-0.05, 0) is 53.9 Å². The molecule has 1 saturated carbocycles. The number of anilines is 1. The number of ether oxygens (including phenoxy) is 1. The number of nitrogen functional groups attached to an aromatic ring is 1. The second-order valence-electron chi connectivity index (χ2n) is 4.55. The molecule has 0 heterocycles. The van der Waals surface area contributed by atoms with Crippen molar-refractivity contribution in [3.05, 3.63) is 22.7 Å². The Kier molecular flexibility index (Phi) is 4.50. The summed E-state index contributed by atoms with van der Waals surface area (Å²) in [6.07, 6.45) is 1.63. The Labute approximate surface area is 121 Å². The predicted octanol–water partition coefficient (Wildman–Crippen LogP) is 1.88. The molecular formula is C12H17BrN2O3S. The summed E-state index contributed by atoms with van der Waals surface area (Å²) in [6.45, 7) is 2.60. The molecule has 0 bridgehead atoms. The first-order chi connectivity index (χ1) is 8.92. The van der Waals surface area contributed by atoms with Gasteiger partial charge < -0.3 is 10.5 Å². The minimum absolute atomic E-state index is 0.0436. The van der Waals surface area contributed by atoms with Crippen LogP contribution in [-0.4, -0.2) is 27.2 Å². The fraction of sp³-hybridized carbons (Fsp3) is 0.500. The van der Waals surface area contributed by atoms with Gasteiger partial charge in [-0.2, -0.15) is 0 Å². The summed E-state index contributed by atoms with van der Waals surface area (Å²) in [6, 6.07) is 4.54. The summed E-state index contributed by atoms with van der Waals surface area (Å²) in [4.78, 5) is 0.216. The van der Waals surface area contributed by atoms with Crippen LogP contribution in [0.25, 0.3) is 0 Å². The zero-order valence-electron chi connectivity index (χ0n) is 10.6. The lowest BCUT2D eigenvalue weighted by molar-refractivity contribution is -0.00475. The Morgan fingerprint density at radius 3 is 2.74 bits per heavy atom. The predicted molar refractivity (Wildman–Crippen MR) is 77.3 cm³/mol. The molecule has 1 aromatic rings. The first-order valence-corrected chi connectivity index (χ1v) is 8.39. The first-order valence-electron chi connectivity index (χ1n) is 6.11. The van der Waals surface area contributed by atoms with Crippen molar-refractivity contribution in [3.8, 4) is 0 Å². The third-order valence-electron chi connectivity index (χ3n) is 3.10. The average Bonchev–Trinajstić information content (AvgIpc) is 2.30. The van der Waals surface area contributed by atoms with Gasteiger partial charge in [-0.25, -0.2) is 13.1 Å². The molecule has 0 aromatic heterocycles. The van der Waals surface area contributed by atoms with Gasteiger partial charge in [0.25, 0.3) is 0 Å². The average molecular weight is 349 g/mol. The van der Waals surface area contributed by atoms with Gasteiger partial charge in [0, 0.05) is 22.8 Å². The van der Waals surface area contributed by atoms with Gasteiger partial charge in [0.15, 0.2) is 0 Å². The van der Waals surface area contributed by atoms with Crippen molar-refractivity contribution in [2.45, 2.75) is 36.8 Å². The largest absolute Gasteiger partial charge is 0.398 e. The van der Waals surface area contributed by atoms with Gasteiger partial charge in [-0.15, -0.1) is 0 Å². The van der Waals surface area contributed by atoms with Crippen LogP contribution in [0.1, 0.15) is 19.8 Å². The SMILES string of the molecule is CCOC1CC(NS(=O)(=O)c2ccc(N)c(Br)c2)C1. The summed E-state index contributed by atoms with van der Waals surface area (Å²) in [5.41, 5.74) is 6.16. The van der Waals surface area contributed by atoms with Crippen LogP contribution in [0.2, 0.25) is 0 Å². The van der Waals surface area contributed by atoms with E-state index in [2.05, 4.69) is 20.7 Å². The van der Waals surface area contributed by atoms with Gasteiger partial charge in [-0.1, -0.05) is 0 Å². The molecule has 0 amide bonds. The van der Waals surface area contributed by atoms with Crippen LogP contribution in [-0.2, 0) is 14.8 Å². The molecule has 1 fully saturated rings. The van der Waals surface area contributed by atoms with Crippen LogP contribution >= 0.6 is 15.9 Å². The molecule has 3 N–H and O–H groups in total. The van der Waals surface area contributed by atoms with E-state index in [0.29, 0.717) is 16.8 Å². The van der Waals surface area contributed by atoms with E-state index in [1.54, 1.807) is 6.07 Å². The highest BCUT2D eigenvalue weighted by Crippen LogP contribution is 2.27. The van der Waals surface area contributed by atoms with Crippen LogP contribution < -0.4 is 10.5 Å². The number of hydrogen-bond donors (Lipinski definition) is 2. The second-order valence-corrected chi connectivity index (χ2v) is 7.12. The Balaban J connectivity index is 2.01. The van der Waals surface area contributed by atoms with Crippen molar-refractivity contribution in [1.82, 2.24) is 4.72 Å². The second kappa shape index (κ2) is 5.78. The highest BCUT2D eigenvalue weighted by atomic mass is 79.9. The van der Waals surface area contributed by atoms with Crippen LogP contribution in [0.4, 0.5) is 5.69 Å². The molecule has 0 radical (unpaired) electrons. The van der Waals surface area contributed by atoms with E-state index in [9.17, 15) is 8.42 Å². The molecule has 0 atom stereocenters. The minimum Gasteiger partial charge on any atom is -0.398 e. The summed E-state index contributed by atoms with van der Waals surface area (Å²) < 4.78 is 33.0. The van der Waals surface area contributed by atoms with Crippen LogP contribution in [0, 0.1) is 0 Å². The Bertz CT molecular complexity index is 556. The maximum Gasteiger partial charge on any atom is 0.240 e. The first kappa shape index (κ1) is 14.8.